The highest BCUT2D eigenvalue weighted by molar-refractivity contribution is 7.25. The van der Waals surface area contributed by atoms with E-state index in [2.05, 4.69) is 17.0 Å². The van der Waals surface area contributed by atoms with E-state index in [1.54, 1.807) is 31.5 Å². The maximum Gasteiger partial charge on any atom is 0.292 e. The van der Waals surface area contributed by atoms with Gasteiger partial charge >= 0.3 is 0 Å². The third kappa shape index (κ3) is 4.43. The summed E-state index contributed by atoms with van der Waals surface area (Å²) in [4.78, 5) is 23.8. The number of thiophene rings is 1. The van der Waals surface area contributed by atoms with Crippen molar-refractivity contribution in [1.29, 1.82) is 0 Å². The van der Waals surface area contributed by atoms with Crippen molar-refractivity contribution in [3.8, 4) is 0 Å². The first kappa shape index (κ1) is 22.9. The van der Waals surface area contributed by atoms with Crippen LogP contribution in [-0.4, -0.2) is 28.0 Å². The summed E-state index contributed by atoms with van der Waals surface area (Å²) in [7, 11) is 1.65. The van der Waals surface area contributed by atoms with Crippen LogP contribution in [0.15, 0.2) is 34.2 Å². The van der Waals surface area contributed by atoms with Gasteiger partial charge in [0.2, 0.25) is 0 Å². The number of ether oxygens (including phenoxy) is 1. The first-order valence-corrected chi connectivity index (χ1v) is 11.8. The van der Waals surface area contributed by atoms with Crippen LogP contribution in [0, 0.1) is 6.92 Å². The lowest BCUT2D eigenvalue weighted by atomic mass is 10.1. The average molecular weight is 489 g/mol. The minimum absolute atomic E-state index is 0.207. The van der Waals surface area contributed by atoms with Crippen molar-refractivity contribution in [1.82, 2.24) is 14.6 Å². The van der Waals surface area contributed by atoms with Crippen LogP contribution in [0.4, 0.5) is 0 Å². The maximum absolute atomic E-state index is 13.5. The van der Waals surface area contributed by atoms with Gasteiger partial charge in [0.25, 0.3) is 5.56 Å². The molecule has 166 valence electrons. The minimum Gasteiger partial charge on any atom is -0.380 e. The lowest BCUT2D eigenvalue weighted by molar-refractivity contribution is 0.186. The van der Waals surface area contributed by atoms with E-state index in [1.165, 1.54) is 16.0 Å². The number of nitrogens with zero attached hydrogens (tertiary/aromatic N) is 4. The van der Waals surface area contributed by atoms with Crippen LogP contribution >= 0.6 is 34.5 Å². The molecule has 0 bridgehead atoms. The molecular formula is C23H22Cl2N4O2S. The summed E-state index contributed by atoms with van der Waals surface area (Å²) in [5, 5.41) is 6.25. The van der Waals surface area contributed by atoms with Gasteiger partial charge in [-0.3, -0.25) is 4.79 Å². The van der Waals surface area contributed by atoms with Crippen molar-refractivity contribution in [2.45, 2.75) is 39.7 Å². The fourth-order valence-corrected chi connectivity index (χ4v) is 4.98. The number of halogens is 2. The van der Waals surface area contributed by atoms with Gasteiger partial charge in [-0.05, 0) is 42.7 Å². The zero-order valence-corrected chi connectivity index (χ0v) is 20.3. The Balaban J connectivity index is 1.93. The van der Waals surface area contributed by atoms with Crippen LogP contribution in [-0.2, 0) is 17.8 Å². The maximum atomic E-state index is 13.5. The number of methoxy groups -OCH3 is 1. The first-order valence-electron chi connectivity index (χ1n) is 10.3. The van der Waals surface area contributed by atoms with Gasteiger partial charge < -0.3 is 4.74 Å². The van der Waals surface area contributed by atoms with Crippen molar-refractivity contribution in [2.24, 2.45) is 5.10 Å². The highest BCUT2D eigenvalue weighted by atomic mass is 35.5. The molecule has 0 aliphatic heterocycles. The molecular weight excluding hydrogens is 467 g/mol. The number of aromatic nitrogens is 3. The summed E-state index contributed by atoms with van der Waals surface area (Å²) in [6.07, 6.45) is 4.10. The Labute approximate surface area is 199 Å². The molecule has 9 heteroatoms. The molecule has 4 rings (SSSR count). The van der Waals surface area contributed by atoms with Gasteiger partial charge in [0, 0.05) is 24.6 Å². The van der Waals surface area contributed by atoms with Gasteiger partial charge in [-0.25, -0.2) is 9.97 Å². The van der Waals surface area contributed by atoms with E-state index in [4.69, 9.17) is 32.9 Å². The van der Waals surface area contributed by atoms with Gasteiger partial charge in [0.15, 0.2) is 0 Å². The SMILES string of the molecule is CCCCc1nc2c(sc3nc(C)cc(COC)c32)c(=O)n1/N=C/c1ccc(Cl)c(Cl)c1. The fourth-order valence-electron chi connectivity index (χ4n) is 3.54. The zero-order valence-electron chi connectivity index (χ0n) is 18.0. The molecule has 4 aromatic rings. The van der Waals surface area contributed by atoms with Crippen LogP contribution in [0.2, 0.25) is 10.0 Å². The second-order valence-electron chi connectivity index (χ2n) is 7.48. The van der Waals surface area contributed by atoms with Gasteiger partial charge in [-0.2, -0.15) is 9.78 Å². The molecule has 0 aliphatic carbocycles. The molecule has 0 N–H and O–H groups in total. The number of pyridine rings is 1. The van der Waals surface area contributed by atoms with E-state index >= 15 is 0 Å². The third-order valence-electron chi connectivity index (χ3n) is 5.04. The number of benzene rings is 1. The highest BCUT2D eigenvalue weighted by Crippen LogP contribution is 2.33. The Bertz CT molecular complexity index is 1390. The van der Waals surface area contributed by atoms with Crippen LogP contribution in [0.1, 0.15) is 42.4 Å². The summed E-state index contributed by atoms with van der Waals surface area (Å²) in [5.74, 6) is 0.615. The largest absolute Gasteiger partial charge is 0.380 e. The average Bonchev–Trinajstić information content (AvgIpc) is 3.13. The van der Waals surface area contributed by atoms with Crippen molar-refractivity contribution in [3.63, 3.8) is 0 Å². The normalized spacial score (nSPS) is 11.9. The topological polar surface area (TPSA) is 69.4 Å². The molecule has 0 unspecified atom stereocenters. The van der Waals surface area contributed by atoms with E-state index in [-0.39, 0.29) is 5.56 Å². The Hall–Kier alpha value is -2.32. The fraction of sp³-hybridized carbons (Fsp3) is 0.304. The van der Waals surface area contributed by atoms with Crippen LogP contribution in [0.3, 0.4) is 0 Å². The Morgan fingerprint density at radius 2 is 2.03 bits per heavy atom. The number of hydrogen-bond acceptors (Lipinski definition) is 6. The summed E-state index contributed by atoms with van der Waals surface area (Å²) < 4.78 is 7.30. The Kier molecular flexibility index (Phi) is 6.90. The van der Waals surface area contributed by atoms with Gasteiger partial charge in [-0.1, -0.05) is 42.6 Å². The van der Waals surface area contributed by atoms with E-state index in [9.17, 15) is 4.79 Å². The Morgan fingerprint density at radius 3 is 2.75 bits per heavy atom. The molecule has 0 spiro atoms. The van der Waals surface area contributed by atoms with Crippen molar-refractivity contribution in [2.75, 3.05) is 7.11 Å². The predicted molar refractivity (Wildman–Crippen MR) is 133 cm³/mol. The number of fused-ring (bicyclic) bond motifs is 3. The summed E-state index contributed by atoms with van der Waals surface area (Å²) in [6.45, 7) is 4.46. The highest BCUT2D eigenvalue weighted by Gasteiger charge is 2.19. The lowest BCUT2D eigenvalue weighted by Crippen LogP contribution is -2.21. The van der Waals surface area contributed by atoms with E-state index in [0.717, 1.165) is 39.9 Å². The zero-order chi connectivity index (χ0) is 22.8. The molecule has 0 radical (unpaired) electrons. The monoisotopic (exact) mass is 488 g/mol. The summed E-state index contributed by atoms with van der Waals surface area (Å²) in [5.41, 5.74) is 3.05. The quantitative estimate of drug-likeness (QED) is 0.299. The molecule has 0 atom stereocenters. The van der Waals surface area contributed by atoms with E-state index in [0.29, 0.717) is 39.1 Å². The molecule has 1 aromatic carbocycles. The van der Waals surface area contributed by atoms with Crippen molar-refractivity contribution >= 4 is 61.2 Å². The smallest absolute Gasteiger partial charge is 0.292 e. The molecule has 32 heavy (non-hydrogen) atoms. The molecule has 0 aliphatic rings. The predicted octanol–water partition coefficient (Wildman–Crippen LogP) is 5.99. The van der Waals surface area contributed by atoms with Crippen molar-refractivity contribution in [3.05, 3.63) is 67.3 Å². The molecule has 0 fully saturated rings. The van der Waals surface area contributed by atoms with Gasteiger partial charge in [0.05, 0.1) is 28.4 Å². The van der Waals surface area contributed by atoms with E-state index in [1.807, 2.05) is 13.0 Å². The molecule has 0 amide bonds. The standard InChI is InChI=1S/C23H22Cl2N4O2S/c1-4-5-6-18-28-20-19-15(12-31-3)9-13(2)27-22(19)32-21(20)23(30)29(18)26-11-14-7-8-16(24)17(25)10-14/h7-11H,4-6,12H2,1-3H3/b26-11+. The number of rotatable bonds is 7. The second kappa shape index (κ2) is 9.67. The van der Waals surface area contributed by atoms with Gasteiger partial charge in [0.1, 0.15) is 15.4 Å². The number of aryl methyl sites for hydroxylation is 2. The Morgan fingerprint density at radius 1 is 1.22 bits per heavy atom. The molecule has 3 aromatic heterocycles. The van der Waals surface area contributed by atoms with Crippen LogP contribution in [0.5, 0.6) is 0 Å². The van der Waals surface area contributed by atoms with Gasteiger partial charge in [-0.15, -0.1) is 11.3 Å². The summed E-state index contributed by atoms with van der Waals surface area (Å²) in [6, 6.07) is 7.19. The van der Waals surface area contributed by atoms with Crippen LogP contribution < -0.4 is 5.56 Å². The minimum atomic E-state index is -0.207. The van der Waals surface area contributed by atoms with Crippen LogP contribution in [0.25, 0.3) is 20.4 Å². The number of unbranched alkanes of at least 4 members (excludes halogenated alkanes) is 1. The molecule has 0 saturated heterocycles. The first-order chi connectivity index (χ1) is 15.4. The number of hydrogen-bond donors (Lipinski definition) is 0. The molecule has 0 saturated carbocycles. The lowest BCUT2D eigenvalue weighted by Gasteiger charge is -2.08. The molecule has 6 nitrogen and oxygen atoms in total. The molecule has 3 heterocycles. The second-order valence-corrected chi connectivity index (χ2v) is 9.30. The van der Waals surface area contributed by atoms with Crippen molar-refractivity contribution < 1.29 is 4.74 Å². The summed E-state index contributed by atoms with van der Waals surface area (Å²) >= 11 is 13.5. The van der Waals surface area contributed by atoms with E-state index < -0.39 is 0 Å². The third-order valence-corrected chi connectivity index (χ3v) is 6.84.